The smallest absolute Gasteiger partial charge is 0.0642 e. The fraction of sp³-hybridized carbons (Fsp3) is 1.00. The topological polar surface area (TPSA) is 20.2 Å². The third-order valence-electron chi connectivity index (χ3n) is 3.28. The van der Waals surface area contributed by atoms with E-state index in [1.807, 2.05) is 6.92 Å². The fourth-order valence-electron chi connectivity index (χ4n) is 1.55. The van der Waals surface area contributed by atoms with Crippen molar-refractivity contribution >= 4 is 0 Å². The lowest BCUT2D eigenvalue weighted by Crippen LogP contribution is -2.30. The van der Waals surface area contributed by atoms with E-state index in [-0.39, 0.29) is 0 Å². The Morgan fingerprint density at radius 2 is 1.50 bits per heavy atom. The second-order valence-electron chi connectivity index (χ2n) is 5.03. The molecule has 1 atom stereocenters. The van der Waals surface area contributed by atoms with Crippen LogP contribution in [0.4, 0.5) is 0 Å². The maximum absolute atomic E-state index is 9.99. The molecule has 0 aromatic heterocycles. The average molecular weight is 200 g/mol. The van der Waals surface area contributed by atoms with Crippen LogP contribution >= 0.6 is 0 Å². The lowest BCUT2D eigenvalue weighted by molar-refractivity contribution is 0.00307. The largest absolute Gasteiger partial charge is 0.390 e. The van der Waals surface area contributed by atoms with E-state index in [0.29, 0.717) is 5.92 Å². The normalized spacial score (nSPS) is 15.9. The first-order valence-corrected chi connectivity index (χ1v) is 6.23. The molecule has 14 heavy (non-hydrogen) atoms. The van der Waals surface area contributed by atoms with Gasteiger partial charge < -0.3 is 5.11 Å². The molecule has 0 bridgehead atoms. The van der Waals surface area contributed by atoms with Crippen molar-refractivity contribution in [3.8, 4) is 0 Å². The Balaban J connectivity index is 3.35. The summed E-state index contributed by atoms with van der Waals surface area (Å²) in [6.07, 6.45) is 8.78. The molecule has 0 aliphatic rings. The van der Waals surface area contributed by atoms with E-state index in [1.54, 1.807) is 0 Å². The van der Waals surface area contributed by atoms with Crippen LogP contribution in [-0.4, -0.2) is 10.7 Å². The molecule has 0 aliphatic heterocycles. The van der Waals surface area contributed by atoms with Crippen LogP contribution in [-0.2, 0) is 0 Å². The Kier molecular flexibility index (Phi) is 7.26. The quantitative estimate of drug-likeness (QED) is 0.584. The monoisotopic (exact) mass is 200 g/mol. The SMILES string of the molecule is CCCCCCCCC(C)(O)C(C)C. The van der Waals surface area contributed by atoms with Gasteiger partial charge in [-0.25, -0.2) is 0 Å². The fourth-order valence-corrected chi connectivity index (χ4v) is 1.55. The van der Waals surface area contributed by atoms with Gasteiger partial charge in [0, 0.05) is 0 Å². The second-order valence-corrected chi connectivity index (χ2v) is 5.03. The molecule has 0 aliphatic carbocycles. The van der Waals surface area contributed by atoms with Gasteiger partial charge in [-0.05, 0) is 19.3 Å². The van der Waals surface area contributed by atoms with Crippen LogP contribution in [0.25, 0.3) is 0 Å². The van der Waals surface area contributed by atoms with Crippen molar-refractivity contribution in [2.24, 2.45) is 5.92 Å². The molecule has 0 saturated carbocycles. The Morgan fingerprint density at radius 1 is 1.00 bits per heavy atom. The van der Waals surface area contributed by atoms with E-state index < -0.39 is 5.60 Å². The van der Waals surface area contributed by atoms with Crippen molar-refractivity contribution in [1.82, 2.24) is 0 Å². The lowest BCUT2D eigenvalue weighted by atomic mass is 9.87. The van der Waals surface area contributed by atoms with E-state index in [9.17, 15) is 5.11 Å². The molecule has 1 N–H and O–H groups in total. The molecule has 0 radical (unpaired) electrons. The summed E-state index contributed by atoms with van der Waals surface area (Å²) in [7, 11) is 0. The standard InChI is InChI=1S/C13H28O/c1-5-6-7-8-9-10-11-13(4,14)12(2)3/h12,14H,5-11H2,1-4H3. The summed E-state index contributed by atoms with van der Waals surface area (Å²) in [5.41, 5.74) is -0.454. The highest BCUT2D eigenvalue weighted by molar-refractivity contribution is 4.75. The van der Waals surface area contributed by atoms with Gasteiger partial charge in [0.1, 0.15) is 0 Å². The van der Waals surface area contributed by atoms with Crippen LogP contribution in [0.2, 0.25) is 0 Å². The molecule has 1 nitrogen and oxygen atoms in total. The number of rotatable bonds is 8. The average Bonchev–Trinajstić information content (AvgIpc) is 2.10. The highest BCUT2D eigenvalue weighted by atomic mass is 16.3. The number of aliphatic hydroxyl groups is 1. The van der Waals surface area contributed by atoms with Crippen LogP contribution in [0.1, 0.15) is 72.6 Å². The molecule has 1 unspecified atom stereocenters. The van der Waals surface area contributed by atoms with Crippen molar-refractivity contribution in [2.75, 3.05) is 0 Å². The van der Waals surface area contributed by atoms with Gasteiger partial charge in [-0.1, -0.05) is 59.3 Å². The molecule has 0 spiro atoms. The van der Waals surface area contributed by atoms with E-state index in [4.69, 9.17) is 0 Å². The third-order valence-corrected chi connectivity index (χ3v) is 3.28. The van der Waals surface area contributed by atoms with E-state index in [2.05, 4.69) is 20.8 Å². The zero-order chi connectivity index (χ0) is 11.0. The molecule has 0 rings (SSSR count). The van der Waals surface area contributed by atoms with Crippen molar-refractivity contribution in [3.05, 3.63) is 0 Å². The molecule has 1 heteroatoms. The summed E-state index contributed by atoms with van der Waals surface area (Å²) in [4.78, 5) is 0. The predicted octanol–water partition coefficient (Wildman–Crippen LogP) is 4.14. The van der Waals surface area contributed by atoms with Gasteiger partial charge in [0.25, 0.3) is 0 Å². The molecule has 0 heterocycles. The van der Waals surface area contributed by atoms with Gasteiger partial charge in [0.05, 0.1) is 5.60 Å². The summed E-state index contributed by atoms with van der Waals surface area (Å²) >= 11 is 0. The van der Waals surface area contributed by atoms with Crippen molar-refractivity contribution < 1.29 is 5.11 Å². The Bertz CT molecular complexity index is 127. The van der Waals surface area contributed by atoms with Gasteiger partial charge in [-0.15, -0.1) is 0 Å². The third kappa shape index (κ3) is 6.42. The minimum atomic E-state index is -0.454. The van der Waals surface area contributed by atoms with Crippen molar-refractivity contribution in [2.45, 2.75) is 78.2 Å². The van der Waals surface area contributed by atoms with Gasteiger partial charge in [-0.3, -0.25) is 0 Å². The summed E-state index contributed by atoms with van der Waals surface area (Å²) in [6.45, 7) is 8.39. The number of unbranched alkanes of at least 4 members (excludes halogenated alkanes) is 5. The van der Waals surface area contributed by atoms with Gasteiger partial charge in [0.2, 0.25) is 0 Å². The van der Waals surface area contributed by atoms with Crippen molar-refractivity contribution in [1.29, 1.82) is 0 Å². The van der Waals surface area contributed by atoms with E-state index in [0.717, 1.165) is 6.42 Å². The first kappa shape index (κ1) is 14.0. The zero-order valence-electron chi connectivity index (χ0n) is 10.5. The van der Waals surface area contributed by atoms with E-state index in [1.165, 1.54) is 38.5 Å². The van der Waals surface area contributed by atoms with Crippen LogP contribution in [0.5, 0.6) is 0 Å². The molecule has 0 saturated heterocycles. The lowest BCUT2D eigenvalue weighted by Gasteiger charge is -2.27. The maximum Gasteiger partial charge on any atom is 0.0642 e. The number of hydrogen-bond acceptors (Lipinski definition) is 1. The zero-order valence-corrected chi connectivity index (χ0v) is 10.5. The van der Waals surface area contributed by atoms with Gasteiger partial charge >= 0.3 is 0 Å². The molecule has 0 aromatic rings. The Labute approximate surface area is 89.9 Å². The molecule has 0 aromatic carbocycles. The summed E-state index contributed by atoms with van der Waals surface area (Å²) in [5.74, 6) is 0.373. The van der Waals surface area contributed by atoms with Crippen LogP contribution in [0.3, 0.4) is 0 Å². The number of hydrogen-bond donors (Lipinski definition) is 1. The molecule has 0 fully saturated rings. The molecule has 0 amide bonds. The summed E-state index contributed by atoms with van der Waals surface area (Å²) in [6, 6.07) is 0. The molecular formula is C13H28O. The van der Waals surface area contributed by atoms with Gasteiger partial charge in [-0.2, -0.15) is 0 Å². The molecular weight excluding hydrogens is 172 g/mol. The summed E-state index contributed by atoms with van der Waals surface area (Å²) in [5, 5.41) is 9.99. The highest BCUT2D eigenvalue weighted by Crippen LogP contribution is 2.23. The van der Waals surface area contributed by atoms with Crippen LogP contribution < -0.4 is 0 Å². The molecule has 86 valence electrons. The predicted molar refractivity (Wildman–Crippen MR) is 63.5 cm³/mol. The minimum absolute atomic E-state index is 0.373. The first-order valence-electron chi connectivity index (χ1n) is 6.23. The maximum atomic E-state index is 9.99. The first-order chi connectivity index (χ1) is 6.50. The second kappa shape index (κ2) is 7.28. The van der Waals surface area contributed by atoms with E-state index >= 15 is 0 Å². The van der Waals surface area contributed by atoms with Crippen LogP contribution in [0.15, 0.2) is 0 Å². The highest BCUT2D eigenvalue weighted by Gasteiger charge is 2.23. The van der Waals surface area contributed by atoms with Crippen molar-refractivity contribution in [3.63, 3.8) is 0 Å². The van der Waals surface area contributed by atoms with Gasteiger partial charge in [0.15, 0.2) is 0 Å². The minimum Gasteiger partial charge on any atom is -0.390 e. The van der Waals surface area contributed by atoms with Crippen LogP contribution in [0, 0.1) is 5.92 Å². The Morgan fingerprint density at radius 3 is 2.00 bits per heavy atom. The Hall–Kier alpha value is -0.0400. The summed E-state index contributed by atoms with van der Waals surface area (Å²) < 4.78 is 0.